The molecule has 1 aliphatic rings. The van der Waals surface area contributed by atoms with Gasteiger partial charge in [-0.3, -0.25) is 0 Å². The number of pyridine rings is 1. The highest BCUT2D eigenvalue weighted by Gasteiger charge is 2.21. The van der Waals surface area contributed by atoms with Gasteiger partial charge in [-0.05, 0) is 38.3 Å². The maximum Gasteiger partial charge on any atom is 0.131 e. The van der Waals surface area contributed by atoms with Gasteiger partial charge in [0.2, 0.25) is 0 Å². The Hall–Kier alpha value is -0.740. The molecule has 0 radical (unpaired) electrons. The number of anilines is 1. The van der Waals surface area contributed by atoms with Gasteiger partial charge in [-0.1, -0.05) is 6.07 Å². The summed E-state index contributed by atoms with van der Waals surface area (Å²) in [4.78, 5) is 7.10. The summed E-state index contributed by atoms with van der Waals surface area (Å²) >= 11 is 2.03. The van der Waals surface area contributed by atoms with Crippen molar-refractivity contribution >= 4 is 17.6 Å². The summed E-state index contributed by atoms with van der Waals surface area (Å²) in [5, 5.41) is 0. The van der Waals surface area contributed by atoms with Gasteiger partial charge in [0.1, 0.15) is 5.82 Å². The van der Waals surface area contributed by atoms with Gasteiger partial charge in [0.15, 0.2) is 0 Å². The SMILES string of the molecule is Cc1cc(CC(C)N)cnc1N1CCSCC1C. The molecule has 0 aliphatic carbocycles. The Bertz CT molecular complexity index is 406. The lowest BCUT2D eigenvalue weighted by Gasteiger charge is -2.35. The summed E-state index contributed by atoms with van der Waals surface area (Å²) in [6, 6.07) is 3.01. The minimum atomic E-state index is 0.197. The molecule has 0 spiro atoms. The zero-order chi connectivity index (χ0) is 13.1. The first kappa shape index (κ1) is 13.7. The van der Waals surface area contributed by atoms with Gasteiger partial charge in [0, 0.05) is 36.3 Å². The van der Waals surface area contributed by atoms with E-state index in [4.69, 9.17) is 5.73 Å². The first-order chi connectivity index (χ1) is 8.58. The first-order valence-corrected chi connectivity index (χ1v) is 7.79. The number of hydrogen-bond donors (Lipinski definition) is 1. The molecule has 2 unspecified atom stereocenters. The summed E-state index contributed by atoms with van der Waals surface area (Å²) in [5.41, 5.74) is 8.35. The van der Waals surface area contributed by atoms with E-state index in [0.29, 0.717) is 6.04 Å². The van der Waals surface area contributed by atoms with Crippen LogP contribution >= 0.6 is 11.8 Å². The highest BCUT2D eigenvalue weighted by atomic mass is 32.2. The minimum Gasteiger partial charge on any atom is -0.352 e. The Morgan fingerprint density at radius 2 is 2.39 bits per heavy atom. The number of aromatic nitrogens is 1. The Morgan fingerprint density at radius 3 is 3.00 bits per heavy atom. The van der Waals surface area contributed by atoms with Gasteiger partial charge in [-0.25, -0.2) is 4.98 Å². The van der Waals surface area contributed by atoms with E-state index in [9.17, 15) is 0 Å². The summed E-state index contributed by atoms with van der Waals surface area (Å²) in [7, 11) is 0. The van der Waals surface area contributed by atoms with Crippen molar-refractivity contribution in [3.05, 3.63) is 23.4 Å². The Labute approximate surface area is 114 Å². The molecule has 1 fully saturated rings. The molecule has 1 aromatic rings. The zero-order valence-corrected chi connectivity index (χ0v) is 12.3. The standard InChI is InChI=1S/C14H23N3S/c1-10-6-13(7-11(2)15)8-16-14(10)17-4-5-18-9-12(17)3/h6,8,11-12H,4-5,7,9,15H2,1-3H3. The first-order valence-electron chi connectivity index (χ1n) is 6.63. The Kier molecular flexibility index (Phi) is 4.51. The van der Waals surface area contributed by atoms with Crippen molar-refractivity contribution in [1.29, 1.82) is 0 Å². The molecule has 0 amide bonds. The molecule has 1 aliphatic heterocycles. The fraction of sp³-hybridized carbons (Fsp3) is 0.643. The van der Waals surface area contributed by atoms with Crippen LogP contribution in [0.1, 0.15) is 25.0 Å². The van der Waals surface area contributed by atoms with Gasteiger partial charge < -0.3 is 10.6 Å². The van der Waals surface area contributed by atoms with Crippen molar-refractivity contribution < 1.29 is 0 Å². The van der Waals surface area contributed by atoms with Crippen LogP contribution < -0.4 is 10.6 Å². The average molecular weight is 265 g/mol. The van der Waals surface area contributed by atoms with E-state index in [-0.39, 0.29) is 6.04 Å². The van der Waals surface area contributed by atoms with E-state index in [2.05, 4.69) is 29.8 Å². The predicted molar refractivity (Wildman–Crippen MR) is 80.5 cm³/mol. The average Bonchev–Trinajstić information content (AvgIpc) is 2.30. The number of nitrogens with two attached hydrogens (primary N) is 1. The van der Waals surface area contributed by atoms with Crippen molar-refractivity contribution in [3.63, 3.8) is 0 Å². The third-order valence-corrected chi connectivity index (χ3v) is 4.49. The van der Waals surface area contributed by atoms with Crippen LogP contribution in [0.15, 0.2) is 12.3 Å². The van der Waals surface area contributed by atoms with E-state index in [1.807, 2.05) is 24.9 Å². The van der Waals surface area contributed by atoms with Crippen LogP contribution in [0.4, 0.5) is 5.82 Å². The van der Waals surface area contributed by atoms with E-state index in [0.717, 1.165) is 18.8 Å². The van der Waals surface area contributed by atoms with Gasteiger partial charge in [0.25, 0.3) is 0 Å². The molecule has 3 nitrogen and oxygen atoms in total. The second-order valence-corrected chi connectivity index (χ2v) is 6.43. The molecule has 0 bridgehead atoms. The predicted octanol–water partition coefficient (Wildman–Crippen LogP) is 2.22. The molecular weight excluding hydrogens is 242 g/mol. The molecule has 2 rings (SSSR count). The number of thioether (sulfide) groups is 1. The van der Waals surface area contributed by atoms with Gasteiger partial charge in [-0.2, -0.15) is 11.8 Å². The van der Waals surface area contributed by atoms with Crippen molar-refractivity contribution in [2.75, 3.05) is 23.0 Å². The molecule has 18 heavy (non-hydrogen) atoms. The van der Waals surface area contributed by atoms with Crippen molar-refractivity contribution in [3.8, 4) is 0 Å². The van der Waals surface area contributed by atoms with Crippen LogP contribution in [-0.2, 0) is 6.42 Å². The highest BCUT2D eigenvalue weighted by molar-refractivity contribution is 7.99. The zero-order valence-electron chi connectivity index (χ0n) is 11.5. The summed E-state index contributed by atoms with van der Waals surface area (Å²) < 4.78 is 0. The second-order valence-electron chi connectivity index (χ2n) is 5.28. The monoisotopic (exact) mass is 265 g/mol. The molecular formula is C14H23N3S. The maximum atomic E-state index is 5.84. The number of rotatable bonds is 3. The smallest absolute Gasteiger partial charge is 0.131 e. The molecule has 100 valence electrons. The summed E-state index contributed by atoms with van der Waals surface area (Å²) in [6.07, 6.45) is 2.89. The van der Waals surface area contributed by atoms with Gasteiger partial charge in [-0.15, -0.1) is 0 Å². The minimum absolute atomic E-state index is 0.197. The third kappa shape index (κ3) is 3.18. The van der Waals surface area contributed by atoms with Crippen molar-refractivity contribution in [2.24, 2.45) is 5.73 Å². The molecule has 1 aromatic heterocycles. The van der Waals surface area contributed by atoms with Crippen LogP contribution in [-0.4, -0.2) is 35.1 Å². The second kappa shape index (κ2) is 5.93. The van der Waals surface area contributed by atoms with Crippen LogP contribution in [0.2, 0.25) is 0 Å². The lowest BCUT2D eigenvalue weighted by Crippen LogP contribution is -2.41. The number of nitrogens with zero attached hydrogens (tertiary/aromatic N) is 2. The lowest BCUT2D eigenvalue weighted by atomic mass is 10.1. The van der Waals surface area contributed by atoms with Crippen molar-refractivity contribution in [2.45, 2.75) is 39.3 Å². The normalized spacial score (nSPS) is 22.0. The number of hydrogen-bond acceptors (Lipinski definition) is 4. The maximum absolute atomic E-state index is 5.84. The van der Waals surface area contributed by atoms with Gasteiger partial charge in [0.05, 0.1) is 0 Å². The van der Waals surface area contributed by atoms with E-state index < -0.39 is 0 Å². The molecule has 2 heterocycles. The third-order valence-electron chi connectivity index (χ3n) is 3.30. The van der Waals surface area contributed by atoms with Crippen molar-refractivity contribution in [1.82, 2.24) is 4.98 Å². The fourth-order valence-corrected chi connectivity index (χ4v) is 3.47. The summed E-state index contributed by atoms with van der Waals surface area (Å²) in [6.45, 7) is 7.57. The van der Waals surface area contributed by atoms with E-state index in [1.54, 1.807) is 0 Å². The van der Waals surface area contributed by atoms with E-state index in [1.165, 1.54) is 22.6 Å². The molecule has 0 saturated carbocycles. The van der Waals surface area contributed by atoms with E-state index >= 15 is 0 Å². The van der Waals surface area contributed by atoms with Gasteiger partial charge >= 0.3 is 0 Å². The van der Waals surface area contributed by atoms with Crippen LogP contribution in [0.25, 0.3) is 0 Å². The molecule has 2 N–H and O–H groups in total. The highest BCUT2D eigenvalue weighted by Crippen LogP contribution is 2.25. The Morgan fingerprint density at radius 1 is 1.61 bits per heavy atom. The quantitative estimate of drug-likeness (QED) is 0.910. The Balaban J connectivity index is 2.18. The molecule has 0 aromatic carbocycles. The van der Waals surface area contributed by atoms with Crippen LogP contribution in [0.3, 0.4) is 0 Å². The van der Waals surface area contributed by atoms with Crippen LogP contribution in [0, 0.1) is 6.92 Å². The van der Waals surface area contributed by atoms with Crippen LogP contribution in [0.5, 0.6) is 0 Å². The topological polar surface area (TPSA) is 42.1 Å². The number of aryl methyl sites for hydroxylation is 1. The fourth-order valence-electron chi connectivity index (χ4n) is 2.45. The molecule has 4 heteroatoms. The largest absolute Gasteiger partial charge is 0.352 e. The summed E-state index contributed by atoms with van der Waals surface area (Å²) in [5.74, 6) is 3.55. The lowest BCUT2D eigenvalue weighted by molar-refractivity contribution is 0.684. The molecule has 1 saturated heterocycles. The molecule has 2 atom stereocenters.